The van der Waals surface area contributed by atoms with Gasteiger partial charge < -0.3 is 9.84 Å². The van der Waals surface area contributed by atoms with E-state index < -0.39 is 0 Å². The molecule has 1 spiro atoms. The lowest BCUT2D eigenvalue weighted by atomic mass is 9.89. The minimum absolute atomic E-state index is 0.0334. The summed E-state index contributed by atoms with van der Waals surface area (Å²) in [6, 6.07) is 0.384. The van der Waals surface area contributed by atoms with Crippen molar-refractivity contribution in [2.45, 2.75) is 56.8 Å². The molecule has 5 nitrogen and oxygen atoms in total. The van der Waals surface area contributed by atoms with Gasteiger partial charge in [0.2, 0.25) is 0 Å². The molecule has 1 N–H and O–H groups in total. The number of aromatic nitrogens is 3. The van der Waals surface area contributed by atoms with Crippen molar-refractivity contribution in [1.29, 1.82) is 0 Å². The molecule has 0 aromatic carbocycles. The van der Waals surface area contributed by atoms with E-state index in [1.54, 1.807) is 0 Å². The molecule has 1 unspecified atom stereocenters. The summed E-state index contributed by atoms with van der Waals surface area (Å²) in [6.07, 6.45) is 8.84. The molecule has 2 heterocycles. The second-order valence-electron chi connectivity index (χ2n) is 5.23. The van der Waals surface area contributed by atoms with Crippen molar-refractivity contribution < 1.29 is 9.84 Å². The Bertz CT molecular complexity index is 385. The zero-order valence-corrected chi connectivity index (χ0v) is 10.0. The lowest BCUT2D eigenvalue weighted by Gasteiger charge is -2.38. The Labute approximate surface area is 101 Å². The number of aliphatic hydroxyl groups is 1. The molecule has 1 aliphatic carbocycles. The summed E-state index contributed by atoms with van der Waals surface area (Å²) in [7, 11) is 0. The maximum Gasteiger partial charge on any atom is 0.108 e. The van der Waals surface area contributed by atoms with Crippen LogP contribution in [0.3, 0.4) is 0 Å². The first-order valence-electron chi connectivity index (χ1n) is 6.47. The van der Waals surface area contributed by atoms with Gasteiger partial charge in [-0.25, -0.2) is 4.68 Å². The van der Waals surface area contributed by atoms with Crippen LogP contribution in [-0.2, 0) is 11.3 Å². The quantitative estimate of drug-likeness (QED) is 0.845. The van der Waals surface area contributed by atoms with E-state index in [0.29, 0.717) is 11.7 Å². The monoisotopic (exact) mass is 237 g/mol. The predicted molar refractivity (Wildman–Crippen MR) is 61.4 cm³/mol. The van der Waals surface area contributed by atoms with Gasteiger partial charge >= 0.3 is 0 Å². The summed E-state index contributed by atoms with van der Waals surface area (Å²) >= 11 is 0. The van der Waals surface area contributed by atoms with Crippen LogP contribution in [0, 0.1) is 0 Å². The second-order valence-corrected chi connectivity index (χ2v) is 5.23. The number of ether oxygens (including phenoxy) is 1. The second kappa shape index (κ2) is 4.38. The van der Waals surface area contributed by atoms with Crippen LogP contribution in [0.4, 0.5) is 0 Å². The molecule has 1 aromatic heterocycles. The van der Waals surface area contributed by atoms with Crippen molar-refractivity contribution in [2.75, 3.05) is 6.61 Å². The first-order chi connectivity index (χ1) is 8.31. The number of hydrogen-bond donors (Lipinski definition) is 1. The smallest absolute Gasteiger partial charge is 0.108 e. The van der Waals surface area contributed by atoms with Crippen LogP contribution >= 0.6 is 0 Å². The summed E-state index contributed by atoms with van der Waals surface area (Å²) in [5, 5.41) is 17.1. The molecular formula is C12H19N3O2. The fourth-order valence-electron chi connectivity index (χ4n) is 3.16. The van der Waals surface area contributed by atoms with E-state index >= 15 is 0 Å². The largest absolute Gasteiger partial charge is 0.390 e. The lowest BCUT2D eigenvalue weighted by molar-refractivity contribution is -0.0911. The van der Waals surface area contributed by atoms with Gasteiger partial charge in [-0.15, -0.1) is 5.10 Å². The zero-order chi connectivity index (χ0) is 11.7. The first-order valence-corrected chi connectivity index (χ1v) is 6.47. The lowest BCUT2D eigenvalue weighted by Crippen LogP contribution is -2.38. The highest BCUT2D eigenvalue weighted by Gasteiger charge is 2.40. The van der Waals surface area contributed by atoms with Crippen LogP contribution in [0.2, 0.25) is 0 Å². The highest BCUT2D eigenvalue weighted by Crippen LogP contribution is 2.43. The van der Waals surface area contributed by atoms with Gasteiger partial charge in [0.25, 0.3) is 0 Å². The van der Waals surface area contributed by atoms with Gasteiger partial charge in [0, 0.05) is 6.61 Å². The van der Waals surface area contributed by atoms with E-state index in [2.05, 4.69) is 10.3 Å². The molecular weight excluding hydrogens is 218 g/mol. The van der Waals surface area contributed by atoms with E-state index in [4.69, 9.17) is 9.84 Å². The van der Waals surface area contributed by atoms with E-state index in [-0.39, 0.29) is 12.2 Å². The first kappa shape index (κ1) is 11.2. The minimum atomic E-state index is -0.0334. The third-order valence-corrected chi connectivity index (χ3v) is 4.08. The Balaban J connectivity index is 1.74. The summed E-state index contributed by atoms with van der Waals surface area (Å²) < 4.78 is 7.91. The van der Waals surface area contributed by atoms with Gasteiger partial charge in [-0.2, -0.15) is 0 Å². The summed E-state index contributed by atoms with van der Waals surface area (Å²) in [4.78, 5) is 0. The average Bonchev–Trinajstić information content (AvgIpc) is 2.99. The van der Waals surface area contributed by atoms with Gasteiger partial charge in [0.05, 0.1) is 24.4 Å². The zero-order valence-electron chi connectivity index (χ0n) is 10.0. The van der Waals surface area contributed by atoms with Crippen molar-refractivity contribution in [3.63, 3.8) is 0 Å². The molecule has 94 valence electrons. The molecule has 1 saturated heterocycles. The van der Waals surface area contributed by atoms with Gasteiger partial charge in [0.15, 0.2) is 0 Å². The number of aliphatic hydroxyl groups excluding tert-OH is 1. The highest BCUT2D eigenvalue weighted by atomic mass is 16.5. The Kier molecular flexibility index (Phi) is 2.88. The van der Waals surface area contributed by atoms with Crippen LogP contribution in [0.1, 0.15) is 50.3 Å². The van der Waals surface area contributed by atoms with Crippen molar-refractivity contribution in [3.05, 3.63) is 11.9 Å². The predicted octanol–water partition coefficient (Wildman–Crippen LogP) is 1.43. The van der Waals surface area contributed by atoms with E-state index in [9.17, 15) is 0 Å². The average molecular weight is 237 g/mol. The third kappa shape index (κ3) is 2.09. The maximum atomic E-state index is 9.01. The van der Waals surface area contributed by atoms with Crippen LogP contribution < -0.4 is 0 Å². The summed E-state index contributed by atoms with van der Waals surface area (Å²) in [5.74, 6) is 0. The Hall–Kier alpha value is -0.940. The van der Waals surface area contributed by atoms with Crippen LogP contribution in [-0.4, -0.2) is 32.3 Å². The van der Waals surface area contributed by atoms with E-state index in [0.717, 1.165) is 19.4 Å². The van der Waals surface area contributed by atoms with Crippen molar-refractivity contribution >= 4 is 0 Å². The van der Waals surface area contributed by atoms with Crippen molar-refractivity contribution in [1.82, 2.24) is 15.0 Å². The van der Waals surface area contributed by atoms with Gasteiger partial charge in [-0.05, 0) is 25.7 Å². The van der Waals surface area contributed by atoms with Crippen LogP contribution in [0.25, 0.3) is 0 Å². The Morgan fingerprint density at radius 1 is 1.47 bits per heavy atom. The number of rotatable bonds is 2. The molecule has 1 saturated carbocycles. The van der Waals surface area contributed by atoms with Gasteiger partial charge in [-0.1, -0.05) is 18.1 Å². The molecule has 3 rings (SSSR count). The Morgan fingerprint density at radius 2 is 2.29 bits per heavy atom. The van der Waals surface area contributed by atoms with Crippen molar-refractivity contribution in [2.24, 2.45) is 0 Å². The molecule has 1 aliphatic heterocycles. The minimum Gasteiger partial charge on any atom is -0.390 e. The molecule has 1 aromatic rings. The fourth-order valence-corrected chi connectivity index (χ4v) is 3.16. The standard InChI is InChI=1S/C12H19N3O2/c16-9-10-8-15(14-13-10)11-3-6-17-12(7-11)4-1-2-5-12/h8,11,16H,1-7,9H2. The molecule has 5 heteroatoms. The molecule has 1 atom stereocenters. The Morgan fingerprint density at radius 3 is 3.00 bits per heavy atom. The van der Waals surface area contributed by atoms with E-state index in [1.165, 1.54) is 25.7 Å². The van der Waals surface area contributed by atoms with Gasteiger partial charge in [0.1, 0.15) is 5.69 Å². The maximum absolute atomic E-state index is 9.01. The molecule has 17 heavy (non-hydrogen) atoms. The van der Waals surface area contributed by atoms with Crippen LogP contribution in [0.5, 0.6) is 0 Å². The highest BCUT2D eigenvalue weighted by molar-refractivity contribution is 4.96. The number of hydrogen-bond acceptors (Lipinski definition) is 4. The molecule has 2 aliphatic rings. The SMILES string of the molecule is OCc1cn(C2CCOC3(CCCC3)C2)nn1. The van der Waals surface area contributed by atoms with Crippen molar-refractivity contribution in [3.8, 4) is 0 Å². The molecule has 0 radical (unpaired) electrons. The fraction of sp³-hybridized carbons (Fsp3) is 0.833. The molecule has 0 amide bonds. The summed E-state index contributed by atoms with van der Waals surface area (Å²) in [6.45, 7) is 0.785. The van der Waals surface area contributed by atoms with E-state index in [1.807, 2.05) is 10.9 Å². The number of nitrogens with zero attached hydrogens (tertiary/aromatic N) is 3. The summed E-state index contributed by atoms with van der Waals surface area (Å²) in [5.41, 5.74) is 0.755. The normalized spacial score (nSPS) is 27.7. The third-order valence-electron chi connectivity index (χ3n) is 4.08. The molecule has 2 fully saturated rings. The molecule has 0 bridgehead atoms. The topological polar surface area (TPSA) is 60.2 Å². The van der Waals surface area contributed by atoms with Gasteiger partial charge in [-0.3, -0.25) is 0 Å². The van der Waals surface area contributed by atoms with Crippen LogP contribution in [0.15, 0.2) is 6.20 Å².